The van der Waals surface area contributed by atoms with E-state index in [4.69, 9.17) is 5.73 Å². The molecule has 2 heterocycles. The van der Waals surface area contributed by atoms with Gasteiger partial charge >= 0.3 is 0 Å². The SMILES string of the molecule is CN(C(=O)C1CCCC(N)C1)C1CCN(CCn2cccn2)CC1. The highest BCUT2D eigenvalue weighted by atomic mass is 16.2. The van der Waals surface area contributed by atoms with E-state index in [-0.39, 0.29) is 12.0 Å². The van der Waals surface area contributed by atoms with Crippen LogP contribution >= 0.6 is 0 Å². The van der Waals surface area contributed by atoms with E-state index in [1.54, 1.807) is 0 Å². The number of aromatic nitrogens is 2. The van der Waals surface area contributed by atoms with Gasteiger partial charge in [-0.3, -0.25) is 9.48 Å². The second-order valence-corrected chi connectivity index (χ2v) is 7.41. The van der Waals surface area contributed by atoms with Gasteiger partial charge in [-0.2, -0.15) is 5.10 Å². The summed E-state index contributed by atoms with van der Waals surface area (Å²) in [4.78, 5) is 17.3. The van der Waals surface area contributed by atoms with Crippen molar-refractivity contribution in [3.63, 3.8) is 0 Å². The first-order chi connectivity index (χ1) is 11.6. The molecule has 1 aliphatic carbocycles. The van der Waals surface area contributed by atoms with Crippen LogP contribution < -0.4 is 5.73 Å². The van der Waals surface area contributed by atoms with Crippen molar-refractivity contribution in [3.05, 3.63) is 18.5 Å². The molecule has 1 aromatic rings. The number of nitrogens with zero attached hydrogens (tertiary/aromatic N) is 4. The van der Waals surface area contributed by atoms with Crippen molar-refractivity contribution in [2.45, 2.75) is 57.2 Å². The Morgan fingerprint density at radius 2 is 2.04 bits per heavy atom. The predicted molar refractivity (Wildman–Crippen MR) is 94.4 cm³/mol. The Hall–Kier alpha value is -1.40. The number of hydrogen-bond acceptors (Lipinski definition) is 4. The zero-order valence-corrected chi connectivity index (χ0v) is 14.8. The number of hydrogen-bond donors (Lipinski definition) is 1. The fourth-order valence-corrected chi connectivity index (χ4v) is 4.13. The van der Waals surface area contributed by atoms with Gasteiger partial charge in [-0.1, -0.05) is 6.42 Å². The van der Waals surface area contributed by atoms with Crippen LogP contribution in [0.4, 0.5) is 0 Å². The molecule has 0 radical (unpaired) electrons. The summed E-state index contributed by atoms with van der Waals surface area (Å²) < 4.78 is 1.98. The first kappa shape index (κ1) is 17.4. The van der Waals surface area contributed by atoms with Gasteiger partial charge in [0.2, 0.25) is 5.91 Å². The molecule has 2 fully saturated rings. The molecular weight excluding hydrogens is 302 g/mol. The lowest BCUT2D eigenvalue weighted by Gasteiger charge is -2.39. The lowest BCUT2D eigenvalue weighted by molar-refractivity contribution is -0.138. The van der Waals surface area contributed by atoms with Crippen LogP contribution in [0, 0.1) is 5.92 Å². The summed E-state index contributed by atoms with van der Waals surface area (Å²) in [6.45, 7) is 4.09. The van der Waals surface area contributed by atoms with Crippen molar-refractivity contribution < 1.29 is 4.79 Å². The van der Waals surface area contributed by atoms with E-state index in [1.165, 1.54) is 0 Å². The summed E-state index contributed by atoms with van der Waals surface area (Å²) in [6.07, 6.45) is 10.0. The molecule has 2 atom stereocenters. The molecule has 6 heteroatoms. The van der Waals surface area contributed by atoms with Crippen LogP contribution in [0.15, 0.2) is 18.5 Å². The summed E-state index contributed by atoms with van der Waals surface area (Å²) in [7, 11) is 1.99. The minimum atomic E-state index is 0.150. The average Bonchev–Trinajstić information content (AvgIpc) is 3.13. The predicted octanol–water partition coefficient (Wildman–Crippen LogP) is 1.32. The first-order valence-corrected chi connectivity index (χ1v) is 9.35. The Morgan fingerprint density at radius 3 is 2.71 bits per heavy atom. The van der Waals surface area contributed by atoms with E-state index in [1.807, 2.05) is 35.1 Å². The van der Waals surface area contributed by atoms with Crippen LogP contribution in [0.25, 0.3) is 0 Å². The van der Waals surface area contributed by atoms with Crippen LogP contribution in [0.2, 0.25) is 0 Å². The third-order valence-electron chi connectivity index (χ3n) is 5.72. The summed E-state index contributed by atoms with van der Waals surface area (Å²) >= 11 is 0. The number of amides is 1. The third kappa shape index (κ3) is 4.36. The Kier molecular flexibility index (Phi) is 5.89. The molecule has 3 rings (SSSR count). The smallest absolute Gasteiger partial charge is 0.225 e. The van der Waals surface area contributed by atoms with E-state index < -0.39 is 0 Å². The van der Waals surface area contributed by atoms with Crippen molar-refractivity contribution in [3.8, 4) is 0 Å². The summed E-state index contributed by atoms with van der Waals surface area (Å²) in [5.74, 6) is 0.469. The highest BCUT2D eigenvalue weighted by molar-refractivity contribution is 5.79. The van der Waals surface area contributed by atoms with Gasteiger partial charge in [0.25, 0.3) is 0 Å². The summed E-state index contributed by atoms with van der Waals surface area (Å²) in [5.41, 5.74) is 6.05. The number of carbonyl (C=O) groups excluding carboxylic acids is 1. The molecular formula is C18H31N5O. The lowest BCUT2D eigenvalue weighted by Crippen LogP contribution is -2.48. The van der Waals surface area contributed by atoms with Gasteiger partial charge < -0.3 is 15.5 Å². The zero-order chi connectivity index (χ0) is 16.9. The number of piperidine rings is 1. The quantitative estimate of drug-likeness (QED) is 0.882. The maximum Gasteiger partial charge on any atom is 0.225 e. The molecule has 2 unspecified atom stereocenters. The molecule has 2 N–H and O–H groups in total. The average molecular weight is 333 g/mol. The number of likely N-dealkylation sites (tertiary alicyclic amines) is 1. The molecule has 1 aliphatic heterocycles. The summed E-state index contributed by atoms with van der Waals surface area (Å²) in [6, 6.07) is 2.56. The molecule has 0 aromatic carbocycles. The van der Waals surface area contributed by atoms with Crippen LogP contribution in [0.1, 0.15) is 38.5 Å². The van der Waals surface area contributed by atoms with Crippen LogP contribution in [-0.4, -0.2) is 64.3 Å². The van der Waals surface area contributed by atoms with Crippen LogP contribution in [0.5, 0.6) is 0 Å². The standard InChI is InChI=1S/C18H31N5O/c1-21(18(24)15-4-2-5-16(19)14-15)17-6-10-22(11-7-17)12-13-23-9-3-8-20-23/h3,8-9,15-17H,2,4-7,10-14,19H2,1H3. The van der Waals surface area contributed by atoms with E-state index in [0.29, 0.717) is 11.9 Å². The Morgan fingerprint density at radius 1 is 1.25 bits per heavy atom. The minimum Gasteiger partial charge on any atom is -0.342 e. The second-order valence-electron chi connectivity index (χ2n) is 7.41. The minimum absolute atomic E-state index is 0.150. The number of nitrogens with two attached hydrogens (primary N) is 1. The van der Waals surface area contributed by atoms with Gasteiger partial charge in [0.1, 0.15) is 0 Å². The van der Waals surface area contributed by atoms with Crippen molar-refractivity contribution in [2.75, 3.05) is 26.7 Å². The maximum absolute atomic E-state index is 12.8. The van der Waals surface area contributed by atoms with Crippen LogP contribution in [-0.2, 0) is 11.3 Å². The Balaban J connectivity index is 1.42. The molecule has 0 bridgehead atoms. The van der Waals surface area contributed by atoms with Crippen molar-refractivity contribution in [1.29, 1.82) is 0 Å². The second kappa shape index (κ2) is 8.12. The van der Waals surface area contributed by atoms with E-state index in [2.05, 4.69) is 10.00 Å². The van der Waals surface area contributed by atoms with Crippen molar-refractivity contribution in [1.82, 2.24) is 19.6 Å². The number of rotatable bonds is 5. The van der Waals surface area contributed by atoms with E-state index in [0.717, 1.165) is 64.7 Å². The molecule has 24 heavy (non-hydrogen) atoms. The number of carbonyl (C=O) groups is 1. The van der Waals surface area contributed by atoms with Gasteiger partial charge in [-0.15, -0.1) is 0 Å². The van der Waals surface area contributed by atoms with Gasteiger partial charge in [0.05, 0.1) is 6.54 Å². The highest BCUT2D eigenvalue weighted by Crippen LogP contribution is 2.26. The third-order valence-corrected chi connectivity index (χ3v) is 5.72. The van der Waals surface area contributed by atoms with Crippen molar-refractivity contribution >= 4 is 5.91 Å². The maximum atomic E-state index is 12.8. The van der Waals surface area contributed by atoms with Gasteiger partial charge in [0, 0.05) is 57.1 Å². The first-order valence-electron chi connectivity index (χ1n) is 9.35. The molecule has 6 nitrogen and oxygen atoms in total. The normalized spacial score (nSPS) is 26.4. The largest absolute Gasteiger partial charge is 0.342 e. The lowest BCUT2D eigenvalue weighted by atomic mass is 9.85. The molecule has 1 aromatic heterocycles. The van der Waals surface area contributed by atoms with Gasteiger partial charge in [0.15, 0.2) is 0 Å². The van der Waals surface area contributed by atoms with E-state index in [9.17, 15) is 4.79 Å². The molecule has 134 valence electrons. The molecule has 2 aliphatic rings. The van der Waals surface area contributed by atoms with Gasteiger partial charge in [-0.05, 0) is 38.2 Å². The fourth-order valence-electron chi connectivity index (χ4n) is 4.13. The molecule has 0 spiro atoms. The molecule has 1 amide bonds. The molecule has 1 saturated carbocycles. The topological polar surface area (TPSA) is 67.4 Å². The fraction of sp³-hybridized carbons (Fsp3) is 0.778. The van der Waals surface area contributed by atoms with Crippen LogP contribution in [0.3, 0.4) is 0 Å². The molecule has 1 saturated heterocycles. The monoisotopic (exact) mass is 333 g/mol. The highest BCUT2D eigenvalue weighted by Gasteiger charge is 2.31. The zero-order valence-electron chi connectivity index (χ0n) is 14.8. The summed E-state index contributed by atoms with van der Waals surface area (Å²) in [5, 5.41) is 4.25. The Labute approximate surface area is 145 Å². The van der Waals surface area contributed by atoms with Crippen molar-refractivity contribution in [2.24, 2.45) is 11.7 Å². The Bertz CT molecular complexity index is 509. The van der Waals surface area contributed by atoms with Gasteiger partial charge in [-0.25, -0.2) is 0 Å². The van der Waals surface area contributed by atoms with E-state index >= 15 is 0 Å².